The third-order valence-electron chi connectivity index (χ3n) is 4.74. The van der Waals surface area contributed by atoms with Crippen LogP contribution in [0.2, 0.25) is 0 Å². The molecular weight excluding hydrogens is 514 g/mol. The van der Waals surface area contributed by atoms with E-state index in [1.54, 1.807) is 30.3 Å². The fourth-order valence-corrected chi connectivity index (χ4v) is 5.12. The molecule has 1 atom stereocenters. The number of hydrogen-bond acceptors (Lipinski definition) is 7. The van der Waals surface area contributed by atoms with E-state index in [0.717, 1.165) is 11.6 Å². The van der Waals surface area contributed by atoms with E-state index < -0.39 is 62.9 Å². The van der Waals surface area contributed by atoms with Crippen molar-refractivity contribution < 1.29 is 46.6 Å². The van der Waals surface area contributed by atoms with Gasteiger partial charge in [-0.15, -0.1) is 0 Å². The molecule has 1 amide bonds. The first-order chi connectivity index (χ1) is 15.5. The molecule has 0 radical (unpaired) electrons. The summed E-state index contributed by atoms with van der Waals surface area (Å²) in [6.07, 6.45) is -5.44. The van der Waals surface area contributed by atoms with Gasteiger partial charge >= 0.3 is 194 Å². The summed E-state index contributed by atoms with van der Waals surface area (Å²) in [5, 5.41) is 0. The third kappa shape index (κ3) is 5.22. The monoisotopic (exact) mass is 537 g/mol. The van der Waals surface area contributed by atoms with Crippen molar-refractivity contribution in [2.45, 2.75) is 25.6 Å². The fourth-order valence-electron chi connectivity index (χ4n) is 3.42. The molecule has 1 aliphatic heterocycles. The molecule has 0 bridgehead atoms. The number of ether oxygens (including phenoxy) is 3. The van der Waals surface area contributed by atoms with E-state index in [9.17, 15) is 32.3 Å². The van der Waals surface area contributed by atoms with Crippen LogP contribution in [0.5, 0.6) is 0 Å². The van der Waals surface area contributed by atoms with Crippen molar-refractivity contribution in [2.75, 3.05) is 26.9 Å². The summed E-state index contributed by atoms with van der Waals surface area (Å²) in [5.74, 6) is -8.55. The van der Waals surface area contributed by atoms with E-state index in [2.05, 4.69) is 0 Å². The second-order valence-electron chi connectivity index (χ2n) is 6.68. The Morgan fingerprint density at radius 1 is 1.09 bits per heavy atom. The Labute approximate surface area is 194 Å². The number of rotatable bonds is 7. The summed E-state index contributed by atoms with van der Waals surface area (Å²) in [6.45, 7) is 1.27. The SMILES string of the molecule is CCOC(=O)C1(C(=O)OCC)C(C(=O)OC)/C(=C/[Se]c2ccccc2)CN1C(=O)C(F)(F)F. The normalized spacial score (nSPS) is 18.7. The first kappa shape index (κ1) is 26.4. The maximum absolute atomic E-state index is 13.5. The fraction of sp³-hybridized carbons (Fsp3) is 0.429. The van der Waals surface area contributed by atoms with Gasteiger partial charge in [0.2, 0.25) is 0 Å². The molecular formula is C21H22F3NO7Se. The molecule has 0 saturated carbocycles. The third-order valence-corrected chi connectivity index (χ3v) is 6.77. The number of alkyl halides is 3. The van der Waals surface area contributed by atoms with Crippen molar-refractivity contribution in [1.29, 1.82) is 0 Å². The Hall–Kier alpha value is -2.85. The Balaban J connectivity index is 2.77. The molecule has 8 nitrogen and oxygen atoms in total. The number of methoxy groups -OCH3 is 1. The summed E-state index contributed by atoms with van der Waals surface area (Å²) in [6, 6.07) is 8.81. The first-order valence-electron chi connectivity index (χ1n) is 9.77. The minimum absolute atomic E-state index is 0.0114. The first-order valence-corrected chi connectivity index (χ1v) is 11.6. The van der Waals surface area contributed by atoms with Gasteiger partial charge in [0.05, 0.1) is 0 Å². The Morgan fingerprint density at radius 2 is 1.64 bits per heavy atom. The second kappa shape index (κ2) is 10.8. The van der Waals surface area contributed by atoms with Gasteiger partial charge in [-0.3, -0.25) is 0 Å². The van der Waals surface area contributed by atoms with E-state index in [1.807, 2.05) is 0 Å². The van der Waals surface area contributed by atoms with E-state index >= 15 is 0 Å². The predicted octanol–water partition coefficient (Wildman–Crippen LogP) is 0.959. The predicted molar refractivity (Wildman–Crippen MR) is 109 cm³/mol. The number of carbonyl (C=O) groups is 4. The number of carbonyl (C=O) groups excluding carboxylic acids is 4. The molecule has 1 aromatic carbocycles. The Bertz CT molecular complexity index is 916. The van der Waals surface area contributed by atoms with E-state index in [0.29, 0.717) is 0 Å². The van der Waals surface area contributed by atoms with E-state index in [-0.39, 0.29) is 23.7 Å². The van der Waals surface area contributed by atoms with Crippen LogP contribution >= 0.6 is 0 Å². The van der Waals surface area contributed by atoms with Crippen molar-refractivity contribution in [2.24, 2.45) is 5.92 Å². The Kier molecular flexibility index (Phi) is 8.68. The summed E-state index contributed by atoms with van der Waals surface area (Å²) in [4.78, 5) is 52.8. The molecule has 1 fully saturated rings. The van der Waals surface area contributed by atoms with Crippen LogP contribution in [-0.4, -0.2) is 82.3 Å². The molecule has 1 unspecified atom stereocenters. The van der Waals surface area contributed by atoms with Crippen LogP contribution in [0.3, 0.4) is 0 Å². The molecule has 0 N–H and O–H groups in total. The molecule has 1 heterocycles. The standard InChI is InChI=1S/C21H22F3NO7Se/c1-4-31-18(28)20(19(29)32-5-2)15(16(26)30-3)13(11-25(20)17(27)21(22,23)24)12-33-14-9-7-6-8-10-14/h6-10,12,15H,4-5,11H2,1-3H3/b13-12+. The van der Waals surface area contributed by atoms with Gasteiger partial charge in [-0.1, -0.05) is 0 Å². The molecule has 0 aliphatic carbocycles. The summed E-state index contributed by atoms with van der Waals surface area (Å²) in [7, 11) is 0.956. The number of hydrogen-bond donors (Lipinski definition) is 0. The van der Waals surface area contributed by atoms with Crippen molar-refractivity contribution in [3.05, 3.63) is 40.9 Å². The zero-order valence-electron chi connectivity index (χ0n) is 18.0. The number of likely N-dealkylation sites (tertiary alicyclic amines) is 1. The van der Waals surface area contributed by atoms with Gasteiger partial charge in [0.25, 0.3) is 0 Å². The van der Waals surface area contributed by atoms with E-state index in [4.69, 9.17) is 14.2 Å². The number of esters is 3. The molecule has 1 aliphatic rings. The van der Waals surface area contributed by atoms with Gasteiger partial charge < -0.3 is 0 Å². The topological polar surface area (TPSA) is 99.2 Å². The van der Waals surface area contributed by atoms with Gasteiger partial charge in [-0.2, -0.15) is 0 Å². The molecule has 1 saturated heterocycles. The summed E-state index contributed by atoms with van der Waals surface area (Å²) < 4.78 is 55.8. The maximum atomic E-state index is 13.5. The van der Waals surface area contributed by atoms with Gasteiger partial charge in [0.15, 0.2) is 0 Å². The number of halogens is 3. The quantitative estimate of drug-likeness (QED) is 0.222. The van der Waals surface area contributed by atoms with Gasteiger partial charge in [-0.05, 0) is 0 Å². The van der Waals surface area contributed by atoms with Crippen LogP contribution < -0.4 is 4.46 Å². The minimum atomic E-state index is -5.44. The zero-order chi connectivity index (χ0) is 24.8. The molecule has 0 aromatic heterocycles. The summed E-state index contributed by atoms with van der Waals surface area (Å²) >= 11 is -0.505. The number of amides is 1. The molecule has 1 aromatic rings. The molecule has 2 rings (SSSR count). The van der Waals surface area contributed by atoms with Crippen molar-refractivity contribution in [3.8, 4) is 0 Å². The Morgan fingerprint density at radius 3 is 2.09 bits per heavy atom. The van der Waals surface area contributed by atoms with Crippen LogP contribution in [0.4, 0.5) is 13.2 Å². The average molecular weight is 536 g/mol. The van der Waals surface area contributed by atoms with Crippen molar-refractivity contribution in [3.63, 3.8) is 0 Å². The van der Waals surface area contributed by atoms with Crippen LogP contribution in [0, 0.1) is 5.92 Å². The molecule has 33 heavy (non-hydrogen) atoms. The van der Waals surface area contributed by atoms with Crippen LogP contribution in [0.1, 0.15) is 13.8 Å². The van der Waals surface area contributed by atoms with Crippen LogP contribution in [0.25, 0.3) is 0 Å². The van der Waals surface area contributed by atoms with Crippen molar-refractivity contribution in [1.82, 2.24) is 4.90 Å². The zero-order valence-corrected chi connectivity index (χ0v) is 19.7. The number of benzene rings is 1. The van der Waals surface area contributed by atoms with Gasteiger partial charge in [0, 0.05) is 0 Å². The molecule has 12 heteroatoms. The molecule has 0 spiro atoms. The second-order valence-corrected chi connectivity index (χ2v) is 8.65. The van der Waals surface area contributed by atoms with E-state index in [1.165, 1.54) is 18.8 Å². The molecule has 180 valence electrons. The van der Waals surface area contributed by atoms with Crippen LogP contribution in [0.15, 0.2) is 40.9 Å². The van der Waals surface area contributed by atoms with Gasteiger partial charge in [0.1, 0.15) is 0 Å². The summed E-state index contributed by atoms with van der Waals surface area (Å²) in [5.41, 5.74) is -3.07. The van der Waals surface area contributed by atoms with Crippen molar-refractivity contribution >= 4 is 43.2 Å². The van der Waals surface area contributed by atoms with Gasteiger partial charge in [-0.25, -0.2) is 0 Å². The number of nitrogens with zero attached hydrogens (tertiary/aromatic N) is 1. The van der Waals surface area contributed by atoms with Crippen LogP contribution in [-0.2, 0) is 33.4 Å². The average Bonchev–Trinajstić information content (AvgIpc) is 3.13.